The van der Waals surface area contributed by atoms with Crippen molar-refractivity contribution in [3.05, 3.63) is 77.6 Å². The number of nitrogens with one attached hydrogen (secondary N) is 3. The van der Waals surface area contributed by atoms with Gasteiger partial charge in [-0.25, -0.2) is 9.97 Å². The standard InChI is InChI=1S/C26H26ClN5O/c1-26(32-24(33)17-8-3-2-4-9-17)13-7-10-18(14-26)30-25-29-16-21(27)23(31-25)20-15-28-22-12-6-5-11-19(20)22/h2-6,8-9,11-12,15-16,18,28H,7,10,13-14H2,1H3,(H,32,33)(H,29,30,31). The first-order chi connectivity index (χ1) is 16.0. The normalized spacial score (nSPS) is 20.5. The van der Waals surface area contributed by atoms with E-state index in [2.05, 4.69) is 33.6 Å². The van der Waals surface area contributed by atoms with Crippen LogP contribution < -0.4 is 10.6 Å². The fourth-order valence-electron chi connectivity index (χ4n) is 4.73. The summed E-state index contributed by atoms with van der Waals surface area (Å²) in [5, 5.41) is 8.31. The van der Waals surface area contributed by atoms with Gasteiger partial charge in [0.25, 0.3) is 5.91 Å². The van der Waals surface area contributed by atoms with E-state index in [9.17, 15) is 4.79 Å². The molecule has 2 aromatic heterocycles. The van der Waals surface area contributed by atoms with Gasteiger partial charge in [-0.3, -0.25) is 4.79 Å². The highest BCUT2D eigenvalue weighted by atomic mass is 35.5. The fourth-order valence-corrected chi connectivity index (χ4v) is 4.93. The van der Waals surface area contributed by atoms with Gasteiger partial charge in [-0.2, -0.15) is 0 Å². The highest BCUT2D eigenvalue weighted by Crippen LogP contribution is 2.34. The van der Waals surface area contributed by atoms with Gasteiger partial charge >= 0.3 is 0 Å². The van der Waals surface area contributed by atoms with Crippen LogP contribution in [0.3, 0.4) is 0 Å². The lowest BCUT2D eigenvalue weighted by Gasteiger charge is -2.39. The predicted molar refractivity (Wildman–Crippen MR) is 133 cm³/mol. The van der Waals surface area contributed by atoms with Crippen LogP contribution in [0.2, 0.25) is 5.02 Å². The van der Waals surface area contributed by atoms with Crippen LogP contribution in [-0.2, 0) is 0 Å². The highest BCUT2D eigenvalue weighted by Gasteiger charge is 2.34. The molecule has 0 spiro atoms. The summed E-state index contributed by atoms with van der Waals surface area (Å²) in [7, 11) is 0. The second kappa shape index (κ2) is 8.87. The van der Waals surface area contributed by atoms with Crippen molar-refractivity contribution >= 4 is 34.4 Å². The minimum atomic E-state index is -0.297. The molecule has 0 radical (unpaired) electrons. The number of fused-ring (bicyclic) bond motifs is 1. The number of nitrogens with zero attached hydrogens (tertiary/aromatic N) is 2. The average Bonchev–Trinajstić information content (AvgIpc) is 3.25. The summed E-state index contributed by atoms with van der Waals surface area (Å²) in [4.78, 5) is 25.2. The van der Waals surface area contributed by atoms with E-state index < -0.39 is 0 Å². The minimum absolute atomic E-state index is 0.0388. The molecule has 7 heteroatoms. The summed E-state index contributed by atoms with van der Waals surface area (Å²) in [6.45, 7) is 2.11. The monoisotopic (exact) mass is 459 g/mol. The molecule has 33 heavy (non-hydrogen) atoms. The number of H-pyrrole nitrogens is 1. The lowest BCUT2D eigenvalue weighted by molar-refractivity contribution is 0.0879. The highest BCUT2D eigenvalue weighted by molar-refractivity contribution is 6.33. The van der Waals surface area contributed by atoms with Crippen molar-refractivity contribution in [3.8, 4) is 11.3 Å². The molecule has 1 saturated carbocycles. The van der Waals surface area contributed by atoms with Crippen molar-refractivity contribution in [2.24, 2.45) is 0 Å². The van der Waals surface area contributed by atoms with Crippen LogP contribution in [0.25, 0.3) is 22.2 Å². The van der Waals surface area contributed by atoms with Gasteiger partial charge in [0, 0.05) is 39.8 Å². The van der Waals surface area contributed by atoms with Crippen LogP contribution >= 0.6 is 11.6 Å². The van der Waals surface area contributed by atoms with Crippen LogP contribution in [0.1, 0.15) is 43.0 Å². The first-order valence-corrected chi connectivity index (χ1v) is 11.6. The maximum atomic E-state index is 12.7. The number of hydrogen-bond donors (Lipinski definition) is 3. The molecular weight excluding hydrogens is 434 g/mol. The fraction of sp³-hybridized carbons (Fsp3) is 0.269. The molecule has 2 heterocycles. The minimum Gasteiger partial charge on any atom is -0.360 e. The summed E-state index contributed by atoms with van der Waals surface area (Å²) in [5.74, 6) is 0.506. The number of amides is 1. The number of rotatable bonds is 5. The zero-order valence-electron chi connectivity index (χ0n) is 18.4. The first kappa shape index (κ1) is 21.5. The Morgan fingerprint density at radius 3 is 2.79 bits per heavy atom. The number of halogens is 1. The third-order valence-corrected chi connectivity index (χ3v) is 6.63. The maximum absolute atomic E-state index is 12.7. The van der Waals surface area contributed by atoms with E-state index in [1.54, 1.807) is 6.20 Å². The van der Waals surface area contributed by atoms with Gasteiger partial charge in [-0.1, -0.05) is 48.0 Å². The van der Waals surface area contributed by atoms with Crippen molar-refractivity contribution in [1.82, 2.24) is 20.3 Å². The molecular formula is C26H26ClN5O. The van der Waals surface area contributed by atoms with Gasteiger partial charge in [0.05, 0.1) is 16.9 Å². The van der Waals surface area contributed by atoms with Crippen molar-refractivity contribution in [3.63, 3.8) is 0 Å². The van der Waals surface area contributed by atoms with Gasteiger partial charge in [0.15, 0.2) is 0 Å². The molecule has 1 aliphatic rings. The molecule has 2 unspecified atom stereocenters. The molecule has 4 aromatic rings. The molecule has 2 atom stereocenters. The number of hydrogen-bond acceptors (Lipinski definition) is 4. The Balaban J connectivity index is 1.33. The number of aromatic amines is 1. The smallest absolute Gasteiger partial charge is 0.251 e. The Labute approximate surface area is 197 Å². The lowest BCUT2D eigenvalue weighted by atomic mass is 9.80. The van der Waals surface area contributed by atoms with Crippen LogP contribution in [-0.4, -0.2) is 32.4 Å². The van der Waals surface area contributed by atoms with Gasteiger partial charge < -0.3 is 15.6 Å². The molecule has 6 nitrogen and oxygen atoms in total. The number of anilines is 1. The van der Waals surface area contributed by atoms with Crippen molar-refractivity contribution in [2.75, 3.05) is 5.32 Å². The average molecular weight is 460 g/mol. The van der Waals surface area contributed by atoms with E-state index in [1.807, 2.05) is 54.7 Å². The SMILES string of the molecule is CC1(NC(=O)c2ccccc2)CCCC(Nc2ncc(Cl)c(-c3c[nH]c4ccccc34)n2)C1. The second-order valence-corrected chi connectivity index (χ2v) is 9.36. The third-order valence-electron chi connectivity index (χ3n) is 6.35. The van der Waals surface area contributed by atoms with Gasteiger partial charge in [0.2, 0.25) is 5.95 Å². The summed E-state index contributed by atoms with van der Waals surface area (Å²) < 4.78 is 0. The number of aromatic nitrogens is 3. The second-order valence-electron chi connectivity index (χ2n) is 8.96. The summed E-state index contributed by atoms with van der Waals surface area (Å²) >= 11 is 6.48. The quantitative estimate of drug-likeness (QED) is 0.351. The molecule has 2 aromatic carbocycles. The molecule has 168 valence electrons. The summed E-state index contributed by atoms with van der Waals surface area (Å²) in [5.41, 5.74) is 3.06. The van der Waals surface area contributed by atoms with Crippen LogP contribution in [0, 0.1) is 0 Å². The Morgan fingerprint density at radius 2 is 1.94 bits per heavy atom. The molecule has 1 fully saturated rings. The third kappa shape index (κ3) is 4.57. The topological polar surface area (TPSA) is 82.7 Å². The molecule has 1 amide bonds. The van der Waals surface area contributed by atoms with Crippen LogP contribution in [0.15, 0.2) is 67.0 Å². The summed E-state index contributed by atoms with van der Waals surface area (Å²) in [6.07, 6.45) is 7.30. The molecule has 0 bridgehead atoms. The van der Waals surface area contributed by atoms with E-state index in [-0.39, 0.29) is 17.5 Å². The Morgan fingerprint density at radius 1 is 1.15 bits per heavy atom. The van der Waals surface area contributed by atoms with Crippen molar-refractivity contribution in [1.29, 1.82) is 0 Å². The molecule has 1 aliphatic carbocycles. The zero-order chi connectivity index (χ0) is 22.8. The number of para-hydroxylation sites is 1. The molecule has 0 aliphatic heterocycles. The van der Waals surface area contributed by atoms with E-state index in [1.165, 1.54) is 0 Å². The van der Waals surface area contributed by atoms with Gasteiger partial charge in [-0.15, -0.1) is 0 Å². The Bertz CT molecular complexity index is 1290. The van der Waals surface area contributed by atoms with Gasteiger partial charge in [-0.05, 0) is 50.8 Å². The van der Waals surface area contributed by atoms with E-state index in [0.29, 0.717) is 22.2 Å². The first-order valence-electron chi connectivity index (χ1n) is 11.2. The molecule has 0 saturated heterocycles. The number of carbonyl (C=O) groups excluding carboxylic acids is 1. The Kier molecular flexibility index (Phi) is 5.77. The van der Waals surface area contributed by atoms with E-state index in [0.717, 1.165) is 42.1 Å². The van der Waals surface area contributed by atoms with E-state index >= 15 is 0 Å². The van der Waals surface area contributed by atoms with Crippen molar-refractivity contribution in [2.45, 2.75) is 44.2 Å². The predicted octanol–water partition coefficient (Wildman–Crippen LogP) is 5.82. The van der Waals surface area contributed by atoms with E-state index in [4.69, 9.17) is 16.6 Å². The Hall–Kier alpha value is -3.38. The molecule has 3 N–H and O–H groups in total. The van der Waals surface area contributed by atoms with Crippen LogP contribution in [0.5, 0.6) is 0 Å². The zero-order valence-corrected chi connectivity index (χ0v) is 19.2. The van der Waals surface area contributed by atoms with Gasteiger partial charge in [0.1, 0.15) is 0 Å². The largest absolute Gasteiger partial charge is 0.360 e. The number of benzene rings is 2. The van der Waals surface area contributed by atoms with Crippen LogP contribution in [0.4, 0.5) is 5.95 Å². The molecule has 5 rings (SSSR count). The maximum Gasteiger partial charge on any atom is 0.251 e. The summed E-state index contributed by atoms with van der Waals surface area (Å²) in [6, 6.07) is 17.6. The van der Waals surface area contributed by atoms with Crippen molar-refractivity contribution < 1.29 is 4.79 Å². The number of carbonyl (C=O) groups is 1. The lowest BCUT2D eigenvalue weighted by Crippen LogP contribution is -2.51.